The predicted molar refractivity (Wildman–Crippen MR) is 233 cm³/mol. The molecule has 5 heteroatoms. The van der Waals surface area contributed by atoms with Crippen molar-refractivity contribution in [1.29, 1.82) is 0 Å². The number of hydrogen-bond acceptors (Lipinski definition) is 2. The van der Waals surface area contributed by atoms with E-state index in [1.807, 2.05) is 0 Å². The first-order valence-corrected chi connectivity index (χ1v) is 19.0. The maximum absolute atomic E-state index is 5.64. The molecule has 11 rings (SSSR count). The Bertz CT molecular complexity index is 3220. The van der Waals surface area contributed by atoms with Crippen LogP contribution in [0.2, 0.25) is 0 Å². The Balaban J connectivity index is 1.40. The van der Waals surface area contributed by atoms with Crippen LogP contribution in [0.25, 0.3) is 106 Å². The van der Waals surface area contributed by atoms with Gasteiger partial charge in [-0.05, 0) is 84.3 Å². The number of pyridine rings is 1. The number of benzene rings is 5. The van der Waals surface area contributed by atoms with Gasteiger partial charge in [0.1, 0.15) is 0 Å². The van der Waals surface area contributed by atoms with Crippen LogP contribution in [0.1, 0.15) is 17.0 Å². The molecule has 0 fully saturated rings. The molecule has 0 unspecified atom stereocenters. The Morgan fingerprint density at radius 2 is 0.964 bits per heavy atom. The third-order valence-corrected chi connectivity index (χ3v) is 11.0. The van der Waals surface area contributed by atoms with Gasteiger partial charge < -0.3 is 14.5 Å². The number of aryl methyl sites for hydroxylation is 1. The molecule has 6 heterocycles. The highest BCUT2D eigenvalue weighted by Gasteiger charge is 2.23. The van der Waals surface area contributed by atoms with Gasteiger partial charge in [0.2, 0.25) is 0 Å². The Labute approximate surface area is 323 Å². The van der Waals surface area contributed by atoms with Gasteiger partial charge in [-0.2, -0.15) is 0 Å². The maximum atomic E-state index is 5.64. The van der Waals surface area contributed by atoms with Crippen molar-refractivity contribution in [2.24, 2.45) is 0 Å². The average Bonchev–Trinajstić information content (AvgIpc) is 4.08. The van der Waals surface area contributed by atoms with Gasteiger partial charge >= 0.3 is 0 Å². The molecule has 0 amide bonds. The summed E-state index contributed by atoms with van der Waals surface area (Å²) in [4.78, 5) is 18.8. The van der Waals surface area contributed by atoms with Crippen molar-refractivity contribution in [2.75, 3.05) is 0 Å². The van der Waals surface area contributed by atoms with E-state index >= 15 is 0 Å². The summed E-state index contributed by atoms with van der Waals surface area (Å²) in [5.74, 6) is 0. The molecule has 0 saturated heterocycles. The maximum Gasteiger partial charge on any atom is 0.0978 e. The number of nitrogens with one attached hydrogen (secondary N) is 2. The molecule has 0 atom stereocenters. The second-order valence-corrected chi connectivity index (χ2v) is 14.4. The van der Waals surface area contributed by atoms with Crippen molar-refractivity contribution in [2.45, 2.75) is 6.92 Å². The van der Waals surface area contributed by atoms with Gasteiger partial charge in [-0.1, -0.05) is 127 Å². The lowest BCUT2D eigenvalue weighted by molar-refractivity contribution is 1.11. The first-order chi connectivity index (χ1) is 27.7. The van der Waals surface area contributed by atoms with Crippen molar-refractivity contribution in [1.82, 2.24) is 24.5 Å². The molecule has 8 aromatic rings. The minimum atomic E-state index is 0.891. The number of fused-ring (bicyclic) bond motifs is 10. The van der Waals surface area contributed by atoms with E-state index in [0.29, 0.717) is 0 Å². The first-order valence-electron chi connectivity index (χ1n) is 19.0. The van der Waals surface area contributed by atoms with Crippen molar-refractivity contribution >= 4 is 56.0 Å². The number of para-hydroxylation sites is 1. The predicted octanol–water partition coefficient (Wildman–Crippen LogP) is 13.1. The third-order valence-electron chi connectivity index (χ3n) is 11.0. The second kappa shape index (κ2) is 12.8. The van der Waals surface area contributed by atoms with Crippen LogP contribution in [-0.4, -0.2) is 24.5 Å². The zero-order valence-electron chi connectivity index (χ0n) is 30.7. The highest BCUT2D eigenvalue weighted by Crippen LogP contribution is 2.42. The van der Waals surface area contributed by atoms with Gasteiger partial charge in [-0.15, -0.1) is 0 Å². The van der Waals surface area contributed by atoms with Crippen molar-refractivity contribution in [3.05, 3.63) is 187 Å². The lowest BCUT2D eigenvalue weighted by atomic mass is 10.0. The summed E-state index contributed by atoms with van der Waals surface area (Å²) in [7, 11) is 0. The van der Waals surface area contributed by atoms with E-state index in [4.69, 9.17) is 9.97 Å². The zero-order valence-corrected chi connectivity index (χ0v) is 30.7. The molecule has 5 nitrogen and oxygen atoms in total. The van der Waals surface area contributed by atoms with E-state index < -0.39 is 0 Å². The molecule has 0 radical (unpaired) electrons. The molecule has 2 N–H and O–H groups in total. The fourth-order valence-electron chi connectivity index (χ4n) is 8.43. The van der Waals surface area contributed by atoms with Gasteiger partial charge in [-0.3, -0.25) is 0 Å². The minimum Gasteiger partial charge on any atom is -0.354 e. The number of nitrogens with zero attached hydrogens (tertiary/aromatic N) is 3. The molecule has 3 aliphatic rings. The van der Waals surface area contributed by atoms with E-state index in [0.717, 1.165) is 106 Å². The van der Waals surface area contributed by atoms with Crippen molar-refractivity contribution in [3.63, 3.8) is 0 Å². The Morgan fingerprint density at radius 1 is 0.464 bits per heavy atom. The Kier molecular flexibility index (Phi) is 7.32. The van der Waals surface area contributed by atoms with Gasteiger partial charge in [0, 0.05) is 55.2 Å². The molecular formula is C51H35N5. The van der Waals surface area contributed by atoms with Crippen LogP contribution in [0.4, 0.5) is 0 Å². The van der Waals surface area contributed by atoms with Crippen LogP contribution in [0.15, 0.2) is 170 Å². The fourth-order valence-corrected chi connectivity index (χ4v) is 8.43. The molecule has 0 saturated carbocycles. The smallest absolute Gasteiger partial charge is 0.0978 e. The van der Waals surface area contributed by atoms with Crippen LogP contribution in [0, 0.1) is 6.92 Å². The van der Waals surface area contributed by atoms with Crippen LogP contribution in [-0.2, 0) is 0 Å². The SMILES string of the molecule is Cc1ccc(-n2c3cc4nc-3c(c3ccc([nH]3)c(-c3ccccc3)c3nc(c(-c5ccccc5)c5ccc([nH]5)c4-c4ccccc4)C=C3)c3ccccc32)cc1. The van der Waals surface area contributed by atoms with Gasteiger partial charge in [0.05, 0.1) is 33.8 Å². The quantitative estimate of drug-likeness (QED) is 0.190. The highest BCUT2D eigenvalue weighted by atomic mass is 15.0. The van der Waals surface area contributed by atoms with Gasteiger partial charge in [-0.25, -0.2) is 9.97 Å². The number of hydrogen-bond donors (Lipinski definition) is 2. The molecule has 0 aliphatic carbocycles. The lowest BCUT2D eigenvalue weighted by Crippen LogP contribution is -2.03. The Hall–Kier alpha value is -7.50. The van der Waals surface area contributed by atoms with Crippen LogP contribution >= 0.6 is 0 Å². The van der Waals surface area contributed by atoms with E-state index in [2.05, 4.69) is 203 Å². The highest BCUT2D eigenvalue weighted by molar-refractivity contribution is 6.14. The van der Waals surface area contributed by atoms with Crippen LogP contribution in [0.5, 0.6) is 0 Å². The van der Waals surface area contributed by atoms with Crippen LogP contribution in [0.3, 0.4) is 0 Å². The average molecular weight is 718 g/mol. The molecule has 3 aliphatic heterocycles. The third kappa shape index (κ3) is 5.17. The topological polar surface area (TPSA) is 62.3 Å². The van der Waals surface area contributed by atoms with Gasteiger partial charge in [0.15, 0.2) is 0 Å². The van der Waals surface area contributed by atoms with E-state index in [1.54, 1.807) is 0 Å². The monoisotopic (exact) mass is 717 g/mol. The number of H-pyrrole nitrogens is 2. The summed E-state index contributed by atoms with van der Waals surface area (Å²) in [6.45, 7) is 2.13. The molecule has 3 aromatic heterocycles. The summed E-state index contributed by atoms with van der Waals surface area (Å²) in [6.07, 6.45) is 4.30. The second-order valence-electron chi connectivity index (χ2n) is 14.4. The number of aromatic nitrogens is 5. The van der Waals surface area contributed by atoms with Crippen LogP contribution < -0.4 is 0 Å². The zero-order chi connectivity index (χ0) is 37.2. The summed E-state index contributed by atoms with van der Waals surface area (Å²) in [6, 6.07) is 60.2. The standard InChI is InChI=1S/C51H35N5/c1-32-21-23-36(24-22-32)56-45-20-12-11-19-37(45)50-43-30-29-41(54-43)48(34-15-7-3-8-16-34)39-26-25-38(52-39)47(33-13-5-2-6-14-33)40-27-28-42(53-40)49(35-17-9-4-10-18-35)44-31-46(56)51(50)55-44/h2-31,53-54H,1H3. The summed E-state index contributed by atoms with van der Waals surface area (Å²) >= 11 is 0. The number of aromatic amines is 2. The van der Waals surface area contributed by atoms with Crippen molar-refractivity contribution < 1.29 is 0 Å². The van der Waals surface area contributed by atoms with E-state index in [-0.39, 0.29) is 0 Å². The minimum absolute atomic E-state index is 0.891. The first kappa shape index (κ1) is 32.0. The van der Waals surface area contributed by atoms with Gasteiger partial charge in [0.25, 0.3) is 0 Å². The largest absolute Gasteiger partial charge is 0.354 e. The molecule has 264 valence electrons. The lowest BCUT2D eigenvalue weighted by Gasteiger charge is -2.18. The van der Waals surface area contributed by atoms with E-state index in [1.165, 1.54) is 5.56 Å². The molecule has 8 bridgehead atoms. The molecule has 0 spiro atoms. The summed E-state index contributed by atoms with van der Waals surface area (Å²) < 4.78 is 2.36. The molecule has 56 heavy (non-hydrogen) atoms. The summed E-state index contributed by atoms with van der Waals surface area (Å²) in [5.41, 5.74) is 18.4. The normalized spacial score (nSPS) is 11.9. The summed E-state index contributed by atoms with van der Waals surface area (Å²) in [5, 5.41) is 2.17. The molecular weight excluding hydrogens is 683 g/mol. The van der Waals surface area contributed by atoms with E-state index in [9.17, 15) is 0 Å². The number of rotatable bonds is 4. The van der Waals surface area contributed by atoms with Crippen molar-refractivity contribution in [3.8, 4) is 50.5 Å². The fraction of sp³-hybridized carbons (Fsp3) is 0.0196. The molecule has 5 aromatic carbocycles. The Morgan fingerprint density at radius 3 is 1.57 bits per heavy atom.